The van der Waals surface area contributed by atoms with E-state index < -0.39 is 0 Å². The standard InChI is InChI=1S/C23H16ClN3O3S/c24-18-10-6-17(7-11-18)22-26-27-23(30-22)31-14-20(28)15-8-12-19(13-9-15)25-21(29)16-4-2-1-3-5-16/h1-13H,14H2,(H,25,29). The molecule has 0 aliphatic heterocycles. The largest absolute Gasteiger partial charge is 0.411 e. The van der Waals surface area contributed by atoms with Crippen LogP contribution in [0.25, 0.3) is 11.5 Å². The minimum Gasteiger partial charge on any atom is -0.411 e. The molecule has 1 amide bonds. The predicted molar refractivity (Wildman–Crippen MR) is 121 cm³/mol. The van der Waals surface area contributed by atoms with E-state index in [1.54, 1.807) is 72.8 Å². The fraction of sp³-hybridized carbons (Fsp3) is 0.0435. The Bertz CT molecular complexity index is 1190. The van der Waals surface area contributed by atoms with Crippen LogP contribution >= 0.6 is 23.4 Å². The summed E-state index contributed by atoms with van der Waals surface area (Å²) in [5, 5.41) is 11.7. The first-order valence-electron chi connectivity index (χ1n) is 9.30. The van der Waals surface area contributed by atoms with E-state index in [0.29, 0.717) is 33.0 Å². The maximum Gasteiger partial charge on any atom is 0.277 e. The fourth-order valence-electron chi connectivity index (χ4n) is 2.72. The molecule has 0 aliphatic rings. The number of hydrogen-bond acceptors (Lipinski definition) is 6. The van der Waals surface area contributed by atoms with Crippen molar-refractivity contribution < 1.29 is 14.0 Å². The van der Waals surface area contributed by atoms with Gasteiger partial charge in [-0.05, 0) is 60.7 Å². The molecule has 1 N–H and O–H groups in total. The van der Waals surface area contributed by atoms with Gasteiger partial charge in [0, 0.05) is 27.4 Å². The van der Waals surface area contributed by atoms with Gasteiger partial charge in [0.2, 0.25) is 5.89 Å². The summed E-state index contributed by atoms with van der Waals surface area (Å²) in [6.45, 7) is 0. The summed E-state index contributed by atoms with van der Waals surface area (Å²) in [6, 6.07) is 22.7. The molecule has 1 heterocycles. The van der Waals surface area contributed by atoms with Gasteiger partial charge in [-0.3, -0.25) is 9.59 Å². The number of Topliss-reactive ketones (excluding diaryl/α,β-unsaturated/α-hetero) is 1. The zero-order valence-electron chi connectivity index (χ0n) is 16.1. The Hall–Kier alpha value is -3.42. The highest BCUT2D eigenvalue weighted by Gasteiger charge is 2.13. The van der Waals surface area contributed by atoms with E-state index in [4.69, 9.17) is 16.0 Å². The van der Waals surface area contributed by atoms with E-state index in [2.05, 4.69) is 15.5 Å². The number of carbonyl (C=O) groups excluding carboxylic acids is 2. The second kappa shape index (κ2) is 9.59. The quantitative estimate of drug-likeness (QED) is 0.291. The van der Waals surface area contributed by atoms with Crippen molar-refractivity contribution in [3.8, 4) is 11.5 Å². The number of benzene rings is 3. The summed E-state index contributed by atoms with van der Waals surface area (Å²) < 4.78 is 5.60. The lowest BCUT2D eigenvalue weighted by Gasteiger charge is -2.06. The van der Waals surface area contributed by atoms with E-state index >= 15 is 0 Å². The number of thioether (sulfide) groups is 1. The SMILES string of the molecule is O=C(CSc1nnc(-c2ccc(Cl)cc2)o1)c1ccc(NC(=O)c2ccccc2)cc1. The summed E-state index contributed by atoms with van der Waals surface area (Å²) in [5.74, 6) is 0.225. The summed E-state index contributed by atoms with van der Waals surface area (Å²) in [4.78, 5) is 24.7. The molecule has 1 aromatic heterocycles. The number of halogens is 1. The zero-order valence-corrected chi connectivity index (χ0v) is 17.7. The molecule has 4 aromatic rings. The van der Waals surface area contributed by atoms with Crippen LogP contribution in [-0.4, -0.2) is 27.6 Å². The number of carbonyl (C=O) groups is 2. The Labute approximate surface area is 187 Å². The summed E-state index contributed by atoms with van der Waals surface area (Å²) in [6.07, 6.45) is 0. The fourth-order valence-corrected chi connectivity index (χ4v) is 3.50. The van der Waals surface area contributed by atoms with Crippen LogP contribution in [0.15, 0.2) is 88.5 Å². The lowest BCUT2D eigenvalue weighted by molar-refractivity contribution is 0.101. The Morgan fingerprint density at radius 2 is 1.58 bits per heavy atom. The van der Waals surface area contributed by atoms with Crippen LogP contribution < -0.4 is 5.32 Å². The number of amides is 1. The molecule has 0 atom stereocenters. The van der Waals surface area contributed by atoms with E-state index in [9.17, 15) is 9.59 Å². The molecule has 0 saturated heterocycles. The topological polar surface area (TPSA) is 85.1 Å². The molecule has 4 rings (SSSR count). The summed E-state index contributed by atoms with van der Waals surface area (Å²) in [7, 11) is 0. The molecule has 0 unspecified atom stereocenters. The van der Waals surface area contributed by atoms with E-state index in [-0.39, 0.29) is 17.4 Å². The molecule has 0 spiro atoms. The molecular formula is C23H16ClN3O3S. The van der Waals surface area contributed by atoms with Crippen LogP contribution in [-0.2, 0) is 0 Å². The molecule has 8 heteroatoms. The first kappa shape index (κ1) is 20.8. The highest BCUT2D eigenvalue weighted by atomic mass is 35.5. The van der Waals surface area contributed by atoms with Gasteiger partial charge >= 0.3 is 0 Å². The second-order valence-electron chi connectivity index (χ2n) is 6.49. The van der Waals surface area contributed by atoms with Gasteiger partial charge in [-0.2, -0.15) is 0 Å². The Balaban J connectivity index is 1.33. The van der Waals surface area contributed by atoms with Crippen LogP contribution in [0.2, 0.25) is 5.02 Å². The molecule has 0 aliphatic carbocycles. The van der Waals surface area contributed by atoms with Gasteiger partial charge in [-0.15, -0.1) is 10.2 Å². The number of ketones is 1. The molecule has 154 valence electrons. The molecule has 6 nitrogen and oxygen atoms in total. The minimum atomic E-state index is -0.205. The maximum absolute atomic E-state index is 12.5. The van der Waals surface area contributed by atoms with Crippen LogP contribution in [0.5, 0.6) is 0 Å². The summed E-state index contributed by atoms with van der Waals surface area (Å²) in [5.41, 5.74) is 2.46. The Morgan fingerprint density at radius 1 is 0.871 bits per heavy atom. The van der Waals surface area contributed by atoms with Crippen molar-refractivity contribution in [2.24, 2.45) is 0 Å². The second-order valence-corrected chi connectivity index (χ2v) is 7.85. The molecule has 0 bridgehead atoms. The normalized spacial score (nSPS) is 10.6. The molecule has 0 saturated carbocycles. The van der Waals surface area contributed by atoms with Crippen molar-refractivity contribution in [2.45, 2.75) is 5.22 Å². The first-order valence-corrected chi connectivity index (χ1v) is 10.7. The van der Waals surface area contributed by atoms with Crippen molar-refractivity contribution in [3.05, 3.63) is 95.0 Å². The molecule has 0 radical (unpaired) electrons. The minimum absolute atomic E-state index is 0.0859. The van der Waals surface area contributed by atoms with Gasteiger partial charge in [0.15, 0.2) is 5.78 Å². The van der Waals surface area contributed by atoms with Crippen molar-refractivity contribution in [2.75, 3.05) is 11.1 Å². The van der Waals surface area contributed by atoms with Gasteiger partial charge in [0.05, 0.1) is 5.75 Å². The van der Waals surface area contributed by atoms with Gasteiger partial charge < -0.3 is 9.73 Å². The van der Waals surface area contributed by atoms with Crippen molar-refractivity contribution >= 4 is 40.7 Å². The van der Waals surface area contributed by atoms with Gasteiger partial charge in [0.1, 0.15) is 0 Å². The van der Waals surface area contributed by atoms with Crippen molar-refractivity contribution in [1.82, 2.24) is 10.2 Å². The lowest BCUT2D eigenvalue weighted by Crippen LogP contribution is -2.11. The monoisotopic (exact) mass is 449 g/mol. The predicted octanol–water partition coefficient (Wildman–Crippen LogP) is 5.62. The summed E-state index contributed by atoms with van der Waals surface area (Å²) >= 11 is 7.05. The number of rotatable bonds is 7. The molecule has 0 fully saturated rings. The maximum atomic E-state index is 12.5. The van der Waals surface area contributed by atoms with E-state index in [0.717, 1.165) is 5.56 Å². The van der Waals surface area contributed by atoms with Crippen molar-refractivity contribution in [3.63, 3.8) is 0 Å². The third-order valence-electron chi connectivity index (χ3n) is 4.33. The molecular weight excluding hydrogens is 434 g/mol. The molecule has 3 aromatic carbocycles. The molecule has 31 heavy (non-hydrogen) atoms. The number of aromatic nitrogens is 2. The average Bonchev–Trinajstić information content (AvgIpc) is 3.28. The number of hydrogen-bond donors (Lipinski definition) is 1. The first-order chi connectivity index (χ1) is 15.1. The zero-order chi connectivity index (χ0) is 21.6. The highest BCUT2D eigenvalue weighted by Crippen LogP contribution is 2.25. The van der Waals surface area contributed by atoms with E-state index in [1.807, 2.05) is 6.07 Å². The van der Waals surface area contributed by atoms with Crippen LogP contribution in [0, 0.1) is 0 Å². The number of nitrogens with zero attached hydrogens (tertiary/aromatic N) is 2. The lowest BCUT2D eigenvalue weighted by atomic mass is 10.1. The van der Waals surface area contributed by atoms with Crippen LogP contribution in [0.3, 0.4) is 0 Å². The third kappa shape index (κ3) is 5.39. The number of anilines is 1. The van der Waals surface area contributed by atoms with Gasteiger partial charge in [-0.25, -0.2) is 0 Å². The van der Waals surface area contributed by atoms with Gasteiger partial charge in [-0.1, -0.05) is 41.6 Å². The average molecular weight is 450 g/mol. The van der Waals surface area contributed by atoms with E-state index in [1.165, 1.54) is 11.8 Å². The number of nitrogens with one attached hydrogen (secondary N) is 1. The van der Waals surface area contributed by atoms with Gasteiger partial charge in [0.25, 0.3) is 11.1 Å². The smallest absolute Gasteiger partial charge is 0.277 e. The highest BCUT2D eigenvalue weighted by molar-refractivity contribution is 7.99. The van der Waals surface area contributed by atoms with Crippen LogP contribution in [0.4, 0.5) is 5.69 Å². The Morgan fingerprint density at radius 3 is 2.29 bits per heavy atom. The van der Waals surface area contributed by atoms with Crippen molar-refractivity contribution in [1.29, 1.82) is 0 Å². The third-order valence-corrected chi connectivity index (χ3v) is 5.40. The van der Waals surface area contributed by atoms with Crippen LogP contribution in [0.1, 0.15) is 20.7 Å². The Kier molecular flexibility index (Phi) is 6.45.